The lowest BCUT2D eigenvalue weighted by Gasteiger charge is -2.25. The monoisotopic (exact) mass is 386 g/mol. The highest BCUT2D eigenvalue weighted by molar-refractivity contribution is 7.89. The Morgan fingerprint density at radius 2 is 1.96 bits per heavy atom. The van der Waals surface area contributed by atoms with E-state index in [4.69, 9.17) is 11.6 Å². The molecule has 1 aromatic carbocycles. The fourth-order valence-electron chi connectivity index (χ4n) is 2.07. The molecule has 0 saturated carbocycles. The molecule has 0 spiro atoms. The molecule has 1 N–H and O–H groups in total. The summed E-state index contributed by atoms with van der Waals surface area (Å²) in [5, 5.41) is -0.113. The first-order chi connectivity index (χ1) is 11.0. The number of alkyl halides is 3. The van der Waals surface area contributed by atoms with Crippen LogP contribution >= 0.6 is 11.6 Å². The first-order valence-electron chi connectivity index (χ1n) is 7.10. The van der Waals surface area contributed by atoms with Crippen molar-refractivity contribution in [1.29, 1.82) is 0 Å². The number of nitrogens with one attached hydrogen (secondary N) is 1. The molecule has 0 bridgehead atoms. The maximum atomic E-state index is 13.2. The highest BCUT2D eigenvalue weighted by atomic mass is 35.5. The topological polar surface area (TPSA) is 66.5 Å². The second-order valence-corrected chi connectivity index (χ2v) is 7.41. The van der Waals surface area contributed by atoms with E-state index in [1.165, 1.54) is 6.07 Å². The van der Waals surface area contributed by atoms with Crippen LogP contribution < -0.4 is 9.62 Å². The quantitative estimate of drug-likeness (QED) is 0.783. The van der Waals surface area contributed by atoms with E-state index in [1.807, 2.05) is 0 Å². The molecule has 1 aromatic rings. The Morgan fingerprint density at radius 1 is 1.33 bits per heavy atom. The molecule has 5 nitrogen and oxygen atoms in total. The summed E-state index contributed by atoms with van der Waals surface area (Å²) in [7, 11) is -3.51. The number of anilines is 1. The molecule has 0 fully saturated rings. The summed E-state index contributed by atoms with van der Waals surface area (Å²) in [5.74, 6) is -0.737. The van der Waals surface area contributed by atoms with Gasteiger partial charge in [0.1, 0.15) is 0 Å². The molecule has 0 heterocycles. The zero-order valence-electron chi connectivity index (χ0n) is 13.2. The molecule has 0 unspecified atom stereocenters. The summed E-state index contributed by atoms with van der Waals surface area (Å²) in [4.78, 5) is 12.6. The zero-order chi connectivity index (χ0) is 18.5. The van der Waals surface area contributed by atoms with Gasteiger partial charge in [-0.3, -0.25) is 4.79 Å². The van der Waals surface area contributed by atoms with Crippen molar-refractivity contribution in [3.63, 3.8) is 0 Å². The van der Waals surface area contributed by atoms with Gasteiger partial charge in [0.15, 0.2) is 0 Å². The molecule has 1 rings (SSSR count). The van der Waals surface area contributed by atoms with Crippen molar-refractivity contribution in [3.8, 4) is 0 Å². The number of benzene rings is 1. The largest absolute Gasteiger partial charge is 0.418 e. The average Bonchev–Trinajstić information content (AvgIpc) is 2.42. The van der Waals surface area contributed by atoms with Gasteiger partial charge in [-0.15, -0.1) is 0 Å². The predicted molar refractivity (Wildman–Crippen MR) is 86.6 cm³/mol. The molecule has 24 heavy (non-hydrogen) atoms. The first-order valence-corrected chi connectivity index (χ1v) is 9.13. The molecule has 0 saturated heterocycles. The Labute approximate surface area is 143 Å². The minimum absolute atomic E-state index is 0.0954. The summed E-state index contributed by atoms with van der Waals surface area (Å²) in [6.45, 7) is 2.37. The van der Waals surface area contributed by atoms with Crippen molar-refractivity contribution in [2.24, 2.45) is 0 Å². The molecule has 0 atom stereocenters. The first kappa shape index (κ1) is 20.7. The minimum Gasteiger partial charge on any atom is -0.311 e. The molecule has 1 amide bonds. The summed E-state index contributed by atoms with van der Waals surface area (Å²) in [6, 6.07) is 3.06. The fourth-order valence-corrected chi connectivity index (χ4v) is 3.33. The molecule has 0 aliphatic carbocycles. The Kier molecular flexibility index (Phi) is 7.06. The third-order valence-electron chi connectivity index (χ3n) is 3.07. The smallest absolute Gasteiger partial charge is 0.311 e. The van der Waals surface area contributed by atoms with Gasteiger partial charge in [-0.1, -0.05) is 18.5 Å². The lowest BCUT2D eigenvalue weighted by atomic mass is 10.1. The lowest BCUT2D eigenvalue weighted by Crippen LogP contribution is -2.39. The number of hydrogen-bond acceptors (Lipinski definition) is 3. The third-order valence-corrected chi connectivity index (χ3v) is 4.89. The predicted octanol–water partition coefficient (Wildman–Crippen LogP) is 3.04. The Bertz CT molecular complexity index is 693. The average molecular weight is 387 g/mol. The van der Waals surface area contributed by atoms with E-state index in [2.05, 4.69) is 4.72 Å². The van der Waals surface area contributed by atoms with Crippen LogP contribution in [0.3, 0.4) is 0 Å². The Balaban J connectivity index is 3.04. The highest BCUT2D eigenvalue weighted by Gasteiger charge is 2.35. The van der Waals surface area contributed by atoms with E-state index in [1.54, 1.807) is 6.92 Å². The van der Waals surface area contributed by atoms with Crippen molar-refractivity contribution >= 4 is 33.2 Å². The lowest BCUT2D eigenvalue weighted by molar-refractivity contribution is -0.137. The van der Waals surface area contributed by atoms with Crippen molar-refractivity contribution < 1.29 is 26.4 Å². The molecular weight excluding hydrogens is 369 g/mol. The highest BCUT2D eigenvalue weighted by Crippen LogP contribution is 2.38. The summed E-state index contributed by atoms with van der Waals surface area (Å²) < 4.78 is 64.9. The van der Waals surface area contributed by atoms with Crippen LogP contribution in [0, 0.1) is 0 Å². The molecule has 0 aliphatic rings. The van der Waals surface area contributed by atoms with E-state index in [-0.39, 0.29) is 29.6 Å². The van der Waals surface area contributed by atoms with Crippen molar-refractivity contribution in [2.75, 3.05) is 23.7 Å². The van der Waals surface area contributed by atoms with E-state index < -0.39 is 27.7 Å². The van der Waals surface area contributed by atoms with Gasteiger partial charge in [0.2, 0.25) is 15.9 Å². The number of amides is 1. The van der Waals surface area contributed by atoms with Crippen LogP contribution in [0.5, 0.6) is 0 Å². The van der Waals surface area contributed by atoms with Crippen LogP contribution in [-0.4, -0.2) is 33.2 Å². The Hall–Kier alpha value is -1.32. The molecule has 136 valence electrons. The van der Waals surface area contributed by atoms with Crippen LogP contribution in [0.25, 0.3) is 0 Å². The number of nitrogens with zero attached hydrogens (tertiary/aromatic N) is 1. The van der Waals surface area contributed by atoms with Gasteiger partial charge < -0.3 is 4.90 Å². The Morgan fingerprint density at radius 3 is 2.46 bits per heavy atom. The number of carbonyl (C=O) groups is 1. The number of rotatable bonds is 7. The number of hydrogen-bond donors (Lipinski definition) is 1. The maximum absolute atomic E-state index is 13.2. The van der Waals surface area contributed by atoms with Gasteiger partial charge in [0.25, 0.3) is 0 Å². The zero-order valence-corrected chi connectivity index (χ0v) is 14.7. The van der Waals surface area contributed by atoms with Gasteiger partial charge in [-0.25, -0.2) is 13.1 Å². The van der Waals surface area contributed by atoms with Crippen LogP contribution in [0.1, 0.15) is 25.8 Å². The van der Waals surface area contributed by atoms with E-state index in [0.717, 1.165) is 24.0 Å². The molecule has 10 heteroatoms. The maximum Gasteiger partial charge on any atom is 0.418 e. The van der Waals surface area contributed by atoms with E-state index in [0.29, 0.717) is 6.42 Å². The van der Waals surface area contributed by atoms with Crippen molar-refractivity contribution in [3.05, 3.63) is 28.8 Å². The number of halogens is 4. The third kappa shape index (κ3) is 5.95. The number of sulfonamides is 1. The van der Waals surface area contributed by atoms with Gasteiger partial charge in [-0.05, 0) is 24.6 Å². The molecule has 0 radical (unpaired) electrons. The molecular formula is C14H18ClF3N2O3S. The van der Waals surface area contributed by atoms with Crippen LogP contribution in [0.2, 0.25) is 5.02 Å². The van der Waals surface area contributed by atoms with Crippen LogP contribution in [0.4, 0.5) is 18.9 Å². The standard InChI is InChI=1S/C14H18ClF3N2O3S/c1-3-8-24(22,23)19-6-7-20(10(2)21)13-5-4-11(15)9-12(13)14(16,17)18/h4-5,9,19H,3,6-8H2,1-2H3. The van der Waals surface area contributed by atoms with Crippen LogP contribution in [0.15, 0.2) is 18.2 Å². The summed E-state index contributed by atoms with van der Waals surface area (Å²) in [5.41, 5.74) is -1.42. The summed E-state index contributed by atoms with van der Waals surface area (Å²) in [6.07, 6.45) is -4.29. The van der Waals surface area contributed by atoms with Gasteiger partial charge in [0, 0.05) is 25.0 Å². The van der Waals surface area contributed by atoms with Crippen molar-refractivity contribution in [2.45, 2.75) is 26.4 Å². The second kappa shape index (κ2) is 8.17. The molecule has 0 aliphatic heterocycles. The second-order valence-electron chi connectivity index (χ2n) is 5.04. The minimum atomic E-state index is -4.70. The van der Waals surface area contributed by atoms with Gasteiger partial charge in [0.05, 0.1) is 17.0 Å². The van der Waals surface area contributed by atoms with E-state index in [9.17, 15) is 26.4 Å². The summed E-state index contributed by atoms with van der Waals surface area (Å²) >= 11 is 5.61. The van der Waals surface area contributed by atoms with E-state index >= 15 is 0 Å². The fraction of sp³-hybridized carbons (Fsp3) is 0.500. The normalized spacial score (nSPS) is 12.2. The van der Waals surface area contributed by atoms with Gasteiger partial charge >= 0.3 is 6.18 Å². The molecule has 0 aromatic heterocycles. The van der Waals surface area contributed by atoms with Gasteiger partial charge in [-0.2, -0.15) is 13.2 Å². The van der Waals surface area contributed by atoms with Crippen molar-refractivity contribution in [1.82, 2.24) is 4.72 Å². The SMILES string of the molecule is CCCS(=O)(=O)NCCN(C(C)=O)c1ccc(Cl)cc1C(F)(F)F. The number of carbonyl (C=O) groups excluding carboxylic acids is 1. The van der Waals surface area contributed by atoms with Crippen LogP contribution in [-0.2, 0) is 21.0 Å².